The second kappa shape index (κ2) is 10.7. The lowest BCUT2D eigenvalue weighted by atomic mass is 10.1. The molecule has 2 aromatic heterocycles. The molecule has 3 heterocycles. The van der Waals surface area contributed by atoms with Gasteiger partial charge in [-0.2, -0.15) is 5.10 Å². The van der Waals surface area contributed by atoms with Gasteiger partial charge < -0.3 is 15.0 Å². The fraction of sp³-hybridized carbons (Fsp3) is 0.241. The lowest BCUT2D eigenvalue weighted by molar-refractivity contribution is -0.127. The van der Waals surface area contributed by atoms with Crippen LogP contribution in [-0.4, -0.2) is 51.7 Å². The van der Waals surface area contributed by atoms with Crippen LogP contribution in [0.15, 0.2) is 79.6 Å². The van der Waals surface area contributed by atoms with Crippen LogP contribution in [0.5, 0.6) is 5.75 Å². The second-order valence-corrected chi connectivity index (χ2v) is 9.08. The summed E-state index contributed by atoms with van der Waals surface area (Å²) < 4.78 is 7.26. The molecule has 1 saturated heterocycles. The van der Waals surface area contributed by atoms with Crippen LogP contribution in [0.2, 0.25) is 0 Å². The van der Waals surface area contributed by atoms with Gasteiger partial charge in [0.2, 0.25) is 5.91 Å². The summed E-state index contributed by atoms with van der Waals surface area (Å²) in [7, 11) is 1.62. The lowest BCUT2D eigenvalue weighted by Gasteiger charge is -2.32. The topological polar surface area (TPSA) is 89.4 Å². The molecule has 4 aromatic rings. The Morgan fingerprint density at radius 1 is 1.19 bits per heavy atom. The van der Waals surface area contributed by atoms with Crippen molar-refractivity contribution in [3.8, 4) is 17.0 Å². The zero-order chi connectivity index (χ0) is 25.8. The predicted molar refractivity (Wildman–Crippen MR) is 142 cm³/mol. The maximum absolute atomic E-state index is 12.7. The van der Waals surface area contributed by atoms with E-state index in [2.05, 4.69) is 16.9 Å². The van der Waals surface area contributed by atoms with Gasteiger partial charge in [0.1, 0.15) is 11.4 Å². The third-order valence-electron chi connectivity index (χ3n) is 6.74. The molecule has 1 fully saturated rings. The summed E-state index contributed by atoms with van der Waals surface area (Å²) in [5.74, 6) is 0.550. The SMILES string of the molecule is C=CC(=O)N1CCC[C@@H](n2nc(-c3ccc(C(=O)NCc4cccc(OC)c4)cc3)c3cnccc32)C1. The molecule has 0 unspecified atom stereocenters. The first-order valence-electron chi connectivity index (χ1n) is 12.3. The summed E-state index contributed by atoms with van der Waals surface area (Å²) in [5.41, 5.74) is 4.21. The third kappa shape index (κ3) is 5.09. The first-order chi connectivity index (χ1) is 18.1. The molecule has 2 amide bonds. The molecule has 1 aliphatic heterocycles. The zero-order valence-corrected chi connectivity index (χ0v) is 20.8. The number of hydrogen-bond donors (Lipinski definition) is 1. The highest BCUT2D eigenvalue weighted by atomic mass is 16.5. The molecule has 0 saturated carbocycles. The number of likely N-dealkylation sites (tertiary alicyclic amines) is 1. The van der Waals surface area contributed by atoms with Crippen LogP contribution in [0.3, 0.4) is 0 Å². The van der Waals surface area contributed by atoms with Crippen LogP contribution in [0.1, 0.15) is 34.8 Å². The smallest absolute Gasteiger partial charge is 0.251 e. The van der Waals surface area contributed by atoms with Crippen molar-refractivity contribution in [2.24, 2.45) is 0 Å². The van der Waals surface area contributed by atoms with Gasteiger partial charge in [-0.05, 0) is 54.8 Å². The number of pyridine rings is 1. The van der Waals surface area contributed by atoms with Gasteiger partial charge in [0, 0.05) is 48.5 Å². The fourth-order valence-electron chi connectivity index (χ4n) is 4.81. The quantitative estimate of drug-likeness (QED) is 0.384. The number of nitrogens with zero attached hydrogens (tertiary/aromatic N) is 4. The molecule has 1 N–H and O–H groups in total. The van der Waals surface area contributed by atoms with Crippen LogP contribution in [0.25, 0.3) is 22.2 Å². The zero-order valence-electron chi connectivity index (χ0n) is 20.8. The number of carbonyl (C=O) groups excluding carboxylic acids is 2. The summed E-state index contributed by atoms with van der Waals surface area (Å²) in [6, 6.07) is 17.1. The Balaban J connectivity index is 1.36. The van der Waals surface area contributed by atoms with Crippen molar-refractivity contribution in [3.05, 3.63) is 90.8 Å². The Morgan fingerprint density at radius 3 is 2.81 bits per heavy atom. The Kier molecular flexibility index (Phi) is 6.98. The number of ether oxygens (including phenoxy) is 1. The van der Waals surface area contributed by atoms with E-state index >= 15 is 0 Å². The molecular formula is C29H29N5O3. The maximum atomic E-state index is 12.7. The molecule has 0 radical (unpaired) electrons. The number of methoxy groups -OCH3 is 1. The Hall–Kier alpha value is -4.46. The van der Waals surface area contributed by atoms with Crippen LogP contribution in [0.4, 0.5) is 0 Å². The van der Waals surface area contributed by atoms with Crippen LogP contribution in [0, 0.1) is 0 Å². The molecule has 1 aliphatic rings. The molecule has 8 heteroatoms. The normalized spacial score (nSPS) is 15.4. The number of rotatable bonds is 7. The van der Waals surface area contributed by atoms with Crippen LogP contribution in [-0.2, 0) is 11.3 Å². The van der Waals surface area contributed by atoms with E-state index in [9.17, 15) is 9.59 Å². The van der Waals surface area contributed by atoms with E-state index < -0.39 is 0 Å². The van der Waals surface area contributed by atoms with Gasteiger partial charge in [-0.3, -0.25) is 19.3 Å². The summed E-state index contributed by atoms with van der Waals surface area (Å²) in [6.07, 6.45) is 6.79. The van der Waals surface area contributed by atoms with Crippen molar-refractivity contribution in [3.63, 3.8) is 0 Å². The van der Waals surface area contributed by atoms with E-state index in [1.807, 2.05) is 70.4 Å². The van der Waals surface area contributed by atoms with Crippen molar-refractivity contribution < 1.29 is 14.3 Å². The van der Waals surface area contributed by atoms with Gasteiger partial charge in [-0.25, -0.2) is 0 Å². The molecule has 0 bridgehead atoms. The molecule has 0 spiro atoms. The van der Waals surface area contributed by atoms with Crippen molar-refractivity contribution in [2.75, 3.05) is 20.2 Å². The maximum Gasteiger partial charge on any atom is 0.251 e. The summed E-state index contributed by atoms with van der Waals surface area (Å²) in [4.78, 5) is 31.1. The minimum absolute atomic E-state index is 0.0525. The van der Waals surface area contributed by atoms with E-state index in [1.165, 1.54) is 6.08 Å². The van der Waals surface area contributed by atoms with Gasteiger partial charge in [0.25, 0.3) is 5.91 Å². The lowest BCUT2D eigenvalue weighted by Crippen LogP contribution is -2.40. The van der Waals surface area contributed by atoms with Gasteiger partial charge >= 0.3 is 0 Å². The number of amides is 2. The highest BCUT2D eigenvalue weighted by Crippen LogP contribution is 2.32. The highest BCUT2D eigenvalue weighted by Gasteiger charge is 2.26. The van der Waals surface area contributed by atoms with Crippen LogP contribution < -0.4 is 10.1 Å². The van der Waals surface area contributed by atoms with Gasteiger partial charge in [0.15, 0.2) is 0 Å². The average Bonchev–Trinajstić information content (AvgIpc) is 3.35. The van der Waals surface area contributed by atoms with Gasteiger partial charge in [0.05, 0.1) is 18.7 Å². The Labute approximate surface area is 215 Å². The second-order valence-electron chi connectivity index (χ2n) is 9.08. The number of piperidine rings is 1. The molecule has 1 atom stereocenters. The summed E-state index contributed by atoms with van der Waals surface area (Å²) in [6.45, 7) is 5.36. The van der Waals surface area contributed by atoms with Gasteiger partial charge in [-0.15, -0.1) is 0 Å². The van der Waals surface area contributed by atoms with Crippen molar-refractivity contribution >= 4 is 22.7 Å². The molecule has 8 nitrogen and oxygen atoms in total. The first-order valence-corrected chi connectivity index (χ1v) is 12.3. The monoisotopic (exact) mass is 495 g/mol. The number of aromatic nitrogens is 3. The number of carbonyl (C=O) groups is 2. The molecule has 37 heavy (non-hydrogen) atoms. The van der Waals surface area contributed by atoms with Crippen molar-refractivity contribution in [1.29, 1.82) is 0 Å². The minimum Gasteiger partial charge on any atom is -0.497 e. The molecule has 188 valence electrons. The predicted octanol–water partition coefficient (Wildman–Crippen LogP) is 4.39. The molecule has 0 aliphatic carbocycles. The van der Waals surface area contributed by atoms with Crippen LogP contribution >= 0.6 is 0 Å². The number of benzene rings is 2. The van der Waals surface area contributed by atoms with E-state index in [4.69, 9.17) is 9.84 Å². The Bertz CT molecular complexity index is 1440. The highest BCUT2D eigenvalue weighted by molar-refractivity contribution is 5.96. The largest absolute Gasteiger partial charge is 0.497 e. The average molecular weight is 496 g/mol. The molecular weight excluding hydrogens is 466 g/mol. The molecule has 5 rings (SSSR count). The van der Waals surface area contributed by atoms with Crippen molar-refractivity contribution in [2.45, 2.75) is 25.4 Å². The number of nitrogens with one attached hydrogen (secondary N) is 1. The minimum atomic E-state index is -0.152. The van der Waals surface area contributed by atoms with Gasteiger partial charge in [-0.1, -0.05) is 30.8 Å². The van der Waals surface area contributed by atoms with Crippen molar-refractivity contribution in [1.82, 2.24) is 25.0 Å². The standard InChI is InChI=1S/C29H29N5O3/c1-3-27(35)33-15-5-7-23(19-33)34-26-13-14-30-18-25(26)28(32-34)21-9-11-22(12-10-21)29(36)31-17-20-6-4-8-24(16-20)37-2/h3-4,6,8-14,16,18,23H,1,5,7,15,17,19H2,2H3,(H,31,36)/t23-/m1/s1. The van der Waals surface area contributed by atoms with E-state index in [0.29, 0.717) is 18.7 Å². The van der Waals surface area contributed by atoms with E-state index in [1.54, 1.807) is 13.3 Å². The molecule has 2 aromatic carbocycles. The van der Waals surface area contributed by atoms with E-state index in [0.717, 1.165) is 52.9 Å². The number of hydrogen-bond acceptors (Lipinski definition) is 5. The first kappa shape index (κ1) is 24.2. The van der Waals surface area contributed by atoms with E-state index in [-0.39, 0.29) is 17.9 Å². The number of fused-ring (bicyclic) bond motifs is 1. The third-order valence-corrected chi connectivity index (χ3v) is 6.74. The summed E-state index contributed by atoms with van der Waals surface area (Å²) in [5, 5.41) is 8.86. The Morgan fingerprint density at radius 2 is 2.03 bits per heavy atom. The summed E-state index contributed by atoms with van der Waals surface area (Å²) >= 11 is 0. The fourth-order valence-corrected chi connectivity index (χ4v) is 4.81.